The lowest BCUT2D eigenvalue weighted by Gasteiger charge is -2.10. The van der Waals surface area contributed by atoms with Crippen molar-refractivity contribution in [3.05, 3.63) is 41.8 Å². The van der Waals surface area contributed by atoms with Crippen molar-refractivity contribution in [2.75, 3.05) is 14.2 Å². The van der Waals surface area contributed by atoms with Gasteiger partial charge < -0.3 is 19.7 Å². The van der Waals surface area contributed by atoms with Gasteiger partial charge in [-0.15, -0.1) is 11.3 Å². The average Bonchev–Trinajstić information content (AvgIpc) is 3.06. The summed E-state index contributed by atoms with van der Waals surface area (Å²) in [4.78, 5) is 4.60. The number of thiazole rings is 1. The molecule has 0 radical (unpaired) electrons. The number of rotatable bonds is 4. The number of phenols is 2. The van der Waals surface area contributed by atoms with Crippen LogP contribution in [0.3, 0.4) is 0 Å². The molecule has 0 atom stereocenters. The van der Waals surface area contributed by atoms with Gasteiger partial charge in [-0.2, -0.15) is 0 Å². The highest BCUT2D eigenvalue weighted by Gasteiger charge is 2.15. The maximum Gasteiger partial charge on any atom is 0.170 e. The Hall–Kier alpha value is -2.73. The molecule has 0 aliphatic rings. The van der Waals surface area contributed by atoms with E-state index in [1.807, 2.05) is 23.6 Å². The molecular formula is C17H15NO4S. The Morgan fingerprint density at radius 1 is 1.00 bits per heavy atom. The van der Waals surface area contributed by atoms with Crippen LogP contribution in [0.4, 0.5) is 0 Å². The quantitative estimate of drug-likeness (QED) is 0.710. The number of phenolic OH excluding ortho intramolecular Hbond substituents is 2. The lowest BCUT2D eigenvalue weighted by Crippen LogP contribution is -1.92. The molecule has 2 aromatic carbocycles. The van der Waals surface area contributed by atoms with Crippen LogP contribution in [0, 0.1) is 0 Å². The zero-order chi connectivity index (χ0) is 16.4. The fraction of sp³-hybridized carbons (Fsp3) is 0.118. The van der Waals surface area contributed by atoms with Gasteiger partial charge in [0.05, 0.1) is 25.5 Å². The SMILES string of the molecule is COc1cccc(-c2nc(-c3ccc(O)c(O)c3)cs2)c1OC. The number of ether oxygens (including phenoxy) is 2. The second-order valence-electron chi connectivity index (χ2n) is 4.78. The number of hydrogen-bond donors (Lipinski definition) is 2. The van der Waals surface area contributed by atoms with E-state index in [4.69, 9.17) is 9.47 Å². The van der Waals surface area contributed by atoms with Crippen LogP contribution in [-0.4, -0.2) is 29.4 Å². The summed E-state index contributed by atoms with van der Waals surface area (Å²) in [5.74, 6) is 0.947. The van der Waals surface area contributed by atoms with Crippen LogP contribution in [0.2, 0.25) is 0 Å². The Kier molecular flexibility index (Phi) is 4.08. The predicted molar refractivity (Wildman–Crippen MR) is 89.4 cm³/mol. The van der Waals surface area contributed by atoms with Crippen LogP contribution >= 0.6 is 11.3 Å². The molecule has 6 heteroatoms. The maximum absolute atomic E-state index is 9.62. The van der Waals surface area contributed by atoms with Crippen LogP contribution in [0.5, 0.6) is 23.0 Å². The molecule has 23 heavy (non-hydrogen) atoms. The first-order valence-corrected chi connectivity index (χ1v) is 7.71. The molecule has 3 rings (SSSR count). The first kappa shape index (κ1) is 15.2. The third-order valence-electron chi connectivity index (χ3n) is 3.41. The Balaban J connectivity index is 2.04. The molecular weight excluding hydrogens is 314 g/mol. The largest absolute Gasteiger partial charge is 0.504 e. The van der Waals surface area contributed by atoms with Crippen molar-refractivity contribution in [2.24, 2.45) is 0 Å². The molecule has 2 N–H and O–H groups in total. The van der Waals surface area contributed by atoms with Gasteiger partial charge in [0.1, 0.15) is 5.01 Å². The third-order valence-corrected chi connectivity index (χ3v) is 4.28. The highest BCUT2D eigenvalue weighted by Crippen LogP contribution is 2.40. The van der Waals surface area contributed by atoms with Gasteiger partial charge in [-0.05, 0) is 30.3 Å². The molecule has 0 saturated carbocycles. The Morgan fingerprint density at radius 2 is 1.83 bits per heavy atom. The highest BCUT2D eigenvalue weighted by molar-refractivity contribution is 7.13. The van der Waals surface area contributed by atoms with Crippen LogP contribution in [0.1, 0.15) is 0 Å². The molecule has 0 aliphatic carbocycles. The van der Waals surface area contributed by atoms with Crippen LogP contribution in [-0.2, 0) is 0 Å². The van der Waals surface area contributed by atoms with Crippen molar-refractivity contribution in [1.29, 1.82) is 0 Å². The van der Waals surface area contributed by atoms with Gasteiger partial charge in [0, 0.05) is 10.9 Å². The summed E-state index contributed by atoms with van der Waals surface area (Å²) in [5, 5.41) is 21.7. The molecule has 0 fully saturated rings. The summed E-state index contributed by atoms with van der Waals surface area (Å²) in [6.07, 6.45) is 0. The Bertz CT molecular complexity index is 844. The summed E-state index contributed by atoms with van der Waals surface area (Å²) < 4.78 is 10.7. The van der Waals surface area contributed by atoms with E-state index in [2.05, 4.69) is 4.98 Å². The van der Waals surface area contributed by atoms with Crippen LogP contribution in [0.25, 0.3) is 21.8 Å². The van der Waals surface area contributed by atoms with Gasteiger partial charge in [0.15, 0.2) is 23.0 Å². The van der Waals surface area contributed by atoms with Crippen molar-refractivity contribution in [2.45, 2.75) is 0 Å². The summed E-state index contributed by atoms with van der Waals surface area (Å²) in [5.41, 5.74) is 2.28. The van der Waals surface area contributed by atoms with E-state index < -0.39 is 0 Å². The summed E-state index contributed by atoms with van der Waals surface area (Å²) in [6, 6.07) is 10.3. The van der Waals surface area contributed by atoms with E-state index in [0.29, 0.717) is 17.2 Å². The van der Waals surface area contributed by atoms with Crippen molar-refractivity contribution in [3.8, 4) is 44.8 Å². The maximum atomic E-state index is 9.62. The molecule has 0 saturated heterocycles. The summed E-state index contributed by atoms with van der Waals surface area (Å²) in [7, 11) is 3.18. The summed E-state index contributed by atoms with van der Waals surface area (Å²) >= 11 is 1.47. The normalized spacial score (nSPS) is 10.5. The van der Waals surface area contributed by atoms with Crippen LogP contribution in [0.15, 0.2) is 41.8 Å². The molecule has 0 bridgehead atoms. The van der Waals surface area contributed by atoms with E-state index >= 15 is 0 Å². The third kappa shape index (κ3) is 2.80. The standard InChI is InChI=1S/C17H15NO4S/c1-21-15-5-3-4-11(16(15)22-2)17-18-12(9-23-17)10-6-7-13(19)14(20)8-10/h3-9,19-20H,1-2H3. The van der Waals surface area contributed by atoms with Gasteiger partial charge in [0.2, 0.25) is 0 Å². The zero-order valence-electron chi connectivity index (χ0n) is 12.6. The van der Waals surface area contributed by atoms with Crippen molar-refractivity contribution < 1.29 is 19.7 Å². The minimum absolute atomic E-state index is 0.154. The lowest BCUT2D eigenvalue weighted by atomic mass is 10.1. The van der Waals surface area contributed by atoms with E-state index in [9.17, 15) is 10.2 Å². The number of para-hydroxylation sites is 1. The molecule has 0 amide bonds. The van der Waals surface area contributed by atoms with E-state index in [1.54, 1.807) is 20.3 Å². The number of methoxy groups -OCH3 is 2. The molecule has 5 nitrogen and oxygen atoms in total. The van der Waals surface area contributed by atoms with Crippen molar-refractivity contribution >= 4 is 11.3 Å². The first-order valence-electron chi connectivity index (χ1n) is 6.83. The van der Waals surface area contributed by atoms with Gasteiger partial charge in [0.25, 0.3) is 0 Å². The number of hydrogen-bond acceptors (Lipinski definition) is 6. The Labute approximate surface area is 137 Å². The topological polar surface area (TPSA) is 71.8 Å². The fourth-order valence-corrected chi connectivity index (χ4v) is 3.12. The van der Waals surface area contributed by atoms with E-state index in [-0.39, 0.29) is 11.5 Å². The lowest BCUT2D eigenvalue weighted by molar-refractivity contribution is 0.356. The number of benzene rings is 2. The van der Waals surface area contributed by atoms with Crippen LogP contribution < -0.4 is 9.47 Å². The Morgan fingerprint density at radius 3 is 2.52 bits per heavy atom. The van der Waals surface area contributed by atoms with Crippen molar-refractivity contribution in [1.82, 2.24) is 4.98 Å². The molecule has 118 valence electrons. The smallest absolute Gasteiger partial charge is 0.170 e. The molecule has 3 aromatic rings. The average molecular weight is 329 g/mol. The first-order chi connectivity index (χ1) is 11.1. The fourth-order valence-electron chi connectivity index (χ4n) is 2.27. The zero-order valence-corrected chi connectivity index (χ0v) is 13.4. The minimum Gasteiger partial charge on any atom is -0.504 e. The molecule has 1 heterocycles. The van der Waals surface area contributed by atoms with E-state index in [0.717, 1.165) is 16.1 Å². The molecule has 0 aliphatic heterocycles. The second kappa shape index (κ2) is 6.18. The minimum atomic E-state index is -0.170. The van der Waals surface area contributed by atoms with Gasteiger partial charge in [-0.1, -0.05) is 6.07 Å². The molecule has 1 aromatic heterocycles. The predicted octanol–water partition coefficient (Wildman–Crippen LogP) is 3.91. The molecule has 0 unspecified atom stereocenters. The number of aromatic nitrogens is 1. The monoisotopic (exact) mass is 329 g/mol. The van der Waals surface area contributed by atoms with Gasteiger partial charge >= 0.3 is 0 Å². The van der Waals surface area contributed by atoms with Gasteiger partial charge in [-0.3, -0.25) is 0 Å². The second-order valence-corrected chi connectivity index (χ2v) is 5.64. The van der Waals surface area contributed by atoms with E-state index in [1.165, 1.54) is 23.5 Å². The summed E-state index contributed by atoms with van der Waals surface area (Å²) in [6.45, 7) is 0. The highest BCUT2D eigenvalue weighted by atomic mass is 32.1. The molecule has 0 spiro atoms. The van der Waals surface area contributed by atoms with Crippen molar-refractivity contribution in [3.63, 3.8) is 0 Å². The van der Waals surface area contributed by atoms with Gasteiger partial charge in [-0.25, -0.2) is 4.98 Å². The number of aromatic hydroxyl groups is 2. The number of nitrogens with zero attached hydrogens (tertiary/aromatic N) is 1.